The maximum atomic E-state index is 12.1. The highest BCUT2D eigenvalue weighted by Gasteiger charge is 2.29. The Kier molecular flexibility index (Phi) is 4.18. The number of carbonyl (C=O) groups excluding carboxylic acids is 1. The van der Waals surface area contributed by atoms with Gasteiger partial charge in [0.25, 0.3) is 0 Å². The summed E-state index contributed by atoms with van der Waals surface area (Å²) in [7, 11) is 0. The molecule has 0 bridgehead atoms. The molecule has 0 unspecified atom stereocenters. The molecule has 5 nitrogen and oxygen atoms in total. The van der Waals surface area contributed by atoms with Crippen molar-refractivity contribution in [2.45, 2.75) is 5.92 Å². The molecule has 26 heavy (non-hydrogen) atoms. The molecule has 1 heterocycles. The number of fused-ring (bicyclic) bond motifs is 3. The fourth-order valence-corrected chi connectivity index (χ4v) is 4.06. The molecule has 1 aromatic heterocycles. The van der Waals surface area contributed by atoms with E-state index in [0.717, 1.165) is 22.3 Å². The van der Waals surface area contributed by atoms with E-state index >= 15 is 0 Å². The van der Waals surface area contributed by atoms with Crippen LogP contribution in [0, 0.1) is 0 Å². The fraction of sp³-hybridized carbons (Fsp3) is 0.100. The second kappa shape index (κ2) is 6.65. The lowest BCUT2D eigenvalue weighted by Gasteiger charge is -2.14. The molecule has 0 fully saturated rings. The van der Waals surface area contributed by atoms with Crippen molar-refractivity contribution in [1.82, 2.24) is 0 Å². The van der Waals surface area contributed by atoms with Gasteiger partial charge >= 0.3 is 12.1 Å². The van der Waals surface area contributed by atoms with Crippen molar-refractivity contribution >= 4 is 29.1 Å². The summed E-state index contributed by atoms with van der Waals surface area (Å²) in [5.74, 6) is -1.12. The summed E-state index contributed by atoms with van der Waals surface area (Å²) < 4.78 is 5.41. The lowest BCUT2D eigenvalue weighted by Crippen LogP contribution is -2.18. The topological polar surface area (TPSA) is 75.6 Å². The predicted molar refractivity (Wildman–Crippen MR) is 100.0 cm³/mol. The van der Waals surface area contributed by atoms with Crippen molar-refractivity contribution in [3.8, 4) is 11.1 Å². The van der Waals surface area contributed by atoms with E-state index in [1.54, 1.807) is 5.38 Å². The Labute approximate surface area is 153 Å². The first-order chi connectivity index (χ1) is 12.6. The number of thiophene rings is 1. The van der Waals surface area contributed by atoms with Crippen LogP contribution in [0.5, 0.6) is 0 Å². The minimum atomic E-state index is -1.08. The normalized spacial score (nSPS) is 12.3. The third-order valence-electron chi connectivity index (χ3n) is 4.47. The van der Waals surface area contributed by atoms with Gasteiger partial charge in [0, 0.05) is 16.7 Å². The quantitative estimate of drug-likeness (QED) is 0.696. The Hall–Kier alpha value is -3.12. The monoisotopic (exact) mass is 365 g/mol. The van der Waals surface area contributed by atoms with Crippen molar-refractivity contribution in [3.63, 3.8) is 0 Å². The first-order valence-corrected chi connectivity index (χ1v) is 9.01. The highest BCUT2D eigenvalue weighted by atomic mass is 32.1. The number of nitrogens with one attached hydrogen (secondary N) is 1. The maximum Gasteiger partial charge on any atom is 0.411 e. The minimum absolute atomic E-state index is 0.0328. The van der Waals surface area contributed by atoms with E-state index in [1.807, 2.05) is 36.4 Å². The molecule has 6 heteroatoms. The van der Waals surface area contributed by atoms with Crippen molar-refractivity contribution in [2.24, 2.45) is 0 Å². The van der Waals surface area contributed by atoms with Crippen LogP contribution in [0.1, 0.15) is 27.4 Å². The van der Waals surface area contributed by atoms with Gasteiger partial charge in [-0.3, -0.25) is 5.32 Å². The number of ether oxygens (including phenoxy) is 1. The number of carboxylic acids is 1. The molecule has 0 saturated carbocycles. The van der Waals surface area contributed by atoms with E-state index in [0.29, 0.717) is 0 Å². The van der Waals surface area contributed by atoms with Crippen LogP contribution in [0.4, 0.5) is 10.5 Å². The van der Waals surface area contributed by atoms with Crippen LogP contribution in [-0.4, -0.2) is 23.8 Å². The van der Waals surface area contributed by atoms with E-state index in [9.17, 15) is 9.59 Å². The molecule has 4 rings (SSSR count). The van der Waals surface area contributed by atoms with Crippen molar-refractivity contribution in [2.75, 3.05) is 11.9 Å². The van der Waals surface area contributed by atoms with Gasteiger partial charge in [0.15, 0.2) is 0 Å². The molecule has 130 valence electrons. The maximum absolute atomic E-state index is 12.1. The number of aromatic carboxylic acids is 1. The summed E-state index contributed by atoms with van der Waals surface area (Å²) in [6.07, 6.45) is -0.659. The molecule has 0 radical (unpaired) electrons. The second-order valence-corrected chi connectivity index (χ2v) is 6.70. The SMILES string of the molecule is O=C(Nc1cscc1C(=O)O)OCC1c2ccccc2-c2ccccc21. The predicted octanol–water partition coefficient (Wildman–Crippen LogP) is 4.81. The van der Waals surface area contributed by atoms with Gasteiger partial charge in [0.1, 0.15) is 6.61 Å². The number of hydrogen-bond acceptors (Lipinski definition) is 4. The Morgan fingerprint density at radius 3 is 2.23 bits per heavy atom. The summed E-state index contributed by atoms with van der Waals surface area (Å²) in [6.45, 7) is 0.187. The molecular weight excluding hydrogens is 350 g/mol. The number of benzene rings is 2. The van der Waals surface area contributed by atoms with Gasteiger partial charge in [-0.05, 0) is 22.3 Å². The van der Waals surface area contributed by atoms with E-state index in [4.69, 9.17) is 9.84 Å². The zero-order valence-electron chi connectivity index (χ0n) is 13.6. The molecule has 0 atom stereocenters. The number of hydrogen-bond donors (Lipinski definition) is 2. The van der Waals surface area contributed by atoms with Crippen LogP contribution >= 0.6 is 11.3 Å². The van der Waals surface area contributed by atoms with Gasteiger partial charge in [0.2, 0.25) is 0 Å². The second-order valence-electron chi connectivity index (χ2n) is 5.95. The summed E-state index contributed by atoms with van der Waals surface area (Å²) >= 11 is 1.21. The first kappa shape index (κ1) is 16.4. The average Bonchev–Trinajstić information content (AvgIpc) is 3.23. The molecule has 1 aliphatic rings. The highest BCUT2D eigenvalue weighted by Crippen LogP contribution is 2.44. The van der Waals surface area contributed by atoms with Crippen molar-refractivity contribution in [1.29, 1.82) is 0 Å². The lowest BCUT2D eigenvalue weighted by molar-refractivity contribution is 0.0698. The Morgan fingerprint density at radius 2 is 1.62 bits per heavy atom. The number of rotatable bonds is 4. The zero-order chi connectivity index (χ0) is 18.1. The molecule has 2 N–H and O–H groups in total. The van der Waals surface area contributed by atoms with Crippen LogP contribution in [0.25, 0.3) is 11.1 Å². The van der Waals surface area contributed by atoms with Crippen LogP contribution in [0.15, 0.2) is 59.3 Å². The van der Waals surface area contributed by atoms with Gasteiger partial charge < -0.3 is 9.84 Å². The fourth-order valence-electron chi connectivity index (χ4n) is 3.30. The Morgan fingerprint density at radius 1 is 1.00 bits per heavy atom. The van der Waals surface area contributed by atoms with E-state index in [-0.39, 0.29) is 23.8 Å². The van der Waals surface area contributed by atoms with Crippen LogP contribution < -0.4 is 5.32 Å². The van der Waals surface area contributed by atoms with Gasteiger partial charge in [0.05, 0.1) is 11.3 Å². The third-order valence-corrected chi connectivity index (χ3v) is 5.22. The standard InChI is InChI=1S/C20H15NO4S/c22-19(23)17-10-26-11-18(17)21-20(24)25-9-16-14-7-3-1-5-12(14)13-6-2-4-8-15(13)16/h1-8,10-11,16H,9H2,(H,21,24)(H,22,23). The minimum Gasteiger partial charge on any atom is -0.478 e. The van der Waals surface area contributed by atoms with Gasteiger partial charge in [-0.1, -0.05) is 48.5 Å². The summed E-state index contributed by atoms with van der Waals surface area (Å²) in [5.41, 5.74) is 4.88. The van der Waals surface area contributed by atoms with Crippen LogP contribution in [0.2, 0.25) is 0 Å². The Balaban J connectivity index is 1.50. The van der Waals surface area contributed by atoms with Gasteiger partial charge in [-0.25, -0.2) is 9.59 Å². The summed E-state index contributed by atoms with van der Waals surface area (Å²) in [6, 6.07) is 16.2. The Bertz CT molecular complexity index is 949. The molecule has 0 spiro atoms. The molecule has 1 aliphatic carbocycles. The van der Waals surface area contributed by atoms with Gasteiger partial charge in [-0.15, -0.1) is 11.3 Å². The number of carboxylic acid groups (broad SMARTS) is 1. The molecular formula is C20H15NO4S. The molecule has 0 saturated heterocycles. The van der Waals surface area contributed by atoms with Gasteiger partial charge in [-0.2, -0.15) is 0 Å². The summed E-state index contributed by atoms with van der Waals surface area (Å²) in [4.78, 5) is 23.3. The van der Waals surface area contributed by atoms with E-state index < -0.39 is 12.1 Å². The highest BCUT2D eigenvalue weighted by molar-refractivity contribution is 7.08. The first-order valence-electron chi connectivity index (χ1n) is 8.06. The zero-order valence-corrected chi connectivity index (χ0v) is 14.5. The molecule has 2 aromatic carbocycles. The number of amides is 1. The molecule has 0 aliphatic heterocycles. The van der Waals surface area contributed by atoms with E-state index in [1.165, 1.54) is 16.7 Å². The third kappa shape index (κ3) is 2.84. The average molecular weight is 365 g/mol. The van der Waals surface area contributed by atoms with Crippen LogP contribution in [0.3, 0.4) is 0 Å². The molecule has 3 aromatic rings. The molecule has 1 amide bonds. The van der Waals surface area contributed by atoms with Crippen molar-refractivity contribution < 1.29 is 19.4 Å². The largest absolute Gasteiger partial charge is 0.478 e. The van der Waals surface area contributed by atoms with Crippen molar-refractivity contribution in [3.05, 3.63) is 76.0 Å². The van der Waals surface area contributed by atoms with E-state index in [2.05, 4.69) is 17.4 Å². The number of anilines is 1. The number of carbonyl (C=O) groups is 2. The smallest absolute Gasteiger partial charge is 0.411 e. The summed E-state index contributed by atoms with van der Waals surface area (Å²) in [5, 5.41) is 14.7. The lowest BCUT2D eigenvalue weighted by atomic mass is 9.98. The van der Waals surface area contributed by atoms with Crippen LogP contribution in [-0.2, 0) is 4.74 Å².